The van der Waals surface area contributed by atoms with Crippen LogP contribution in [0.3, 0.4) is 0 Å². The van der Waals surface area contributed by atoms with E-state index >= 15 is 0 Å². The lowest BCUT2D eigenvalue weighted by atomic mass is 10.1. The van der Waals surface area contributed by atoms with Crippen molar-refractivity contribution in [3.8, 4) is 0 Å². The second-order valence-corrected chi connectivity index (χ2v) is 7.01. The number of hydrogen-bond donors (Lipinski definition) is 0. The SMILES string of the molecule is CCCCN(Cc1ccccn1)C(=O)C1CN(Cc2ccccc2)CCO1. The van der Waals surface area contributed by atoms with Gasteiger partial charge in [0.1, 0.15) is 6.10 Å². The molecule has 1 amide bonds. The maximum Gasteiger partial charge on any atom is 0.253 e. The Morgan fingerprint density at radius 1 is 1.22 bits per heavy atom. The lowest BCUT2D eigenvalue weighted by Gasteiger charge is -2.35. The molecule has 0 aliphatic carbocycles. The zero-order valence-corrected chi connectivity index (χ0v) is 16.1. The number of pyridine rings is 1. The molecule has 3 rings (SSSR count). The predicted octanol–water partition coefficient (Wildman–Crippen LogP) is 3.11. The van der Waals surface area contributed by atoms with Crippen LogP contribution in [0, 0.1) is 0 Å². The maximum atomic E-state index is 13.2. The number of nitrogens with zero attached hydrogens (tertiary/aromatic N) is 3. The minimum atomic E-state index is -0.400. The first-order valence-electron chi connectivity index (χ1n) is 9.83. The van der Waals surface area contributed by atoms with Crippen molar-refractivity contribution in [3.63, 3.8) is 0 Å². The number of carbonyl (C=O) groups excluding carboxylic acids is 1. The summed E-state index contributed by atoms with van der Waals surface area (Å²) in [5, 5.41) is 0. The number of rotatable bonds is 8. The van der Waals surface area contributed by atoms with Crippen molar-refractivity contribution < 1.29 is 9.53 Å². The third kappa shape index (κ3) is 5.88. The monoisotopic (exact) mass is 367 g/mol. The second-order valence-electron chi connectivity index (χ2n) is 7.01. The topological polar surface area (TPSA) is 45.7 Å². The lowest BCUT2D eigenvalue weighted by Crippen LogP contribution is -2.50. The molecule has 1 aromatic heterocycles. The molecule has 0 bridgehead atoms. The second kappa shape index (κ2) is 10.2. The number of aromatic nitrogens is 1. The molecule has 1 aliphatic rings. The summed E-state index contributed by atoms with van der Waals surface area (Å²) in [4.78, 5) is 21.7. The van der Waals surface area contributed by atoms with Crippen LogP contribution in [0.25, 0.3) is 0 Å². The van der Waals surface area contributed by atoms with Crippen molar-refractivity contribution in [1.29, 1.82) is 0 Å². The van der Waals surface area contributed by atoms with E-state index in [2.05, 4.69) is 41.1 Å². The van der Waals surface area contributed by atoms with Gasteiger partial charge in [0.15, 0.2) is 0 Å². The molecule has 0 spiro atoms. The van der Waals surface area contributed by atoms with E-state index in [0.717, 1.165) is 38.2 Å². The highest BCUT2D eigenvalue weighted by Gasteiger charge is 2.30. The minimum Gasteiger partial charge on any atom is -0.366 e. The molecule has 1 aromatic carbocycles. The fourth-order valence-corrected chi connectivity index (χ4v) is 3.34. The van der Waals surface area contributed by atoms with Crippen molar-refractivity contribution in [1.82, 2.24) is 14.8 Å². The van der Waals surface area contributed by atoms with Gasteiger partial charge in [-0.05, 0) is 24.1 Å². The van der Waals surface area contributed by atoms with Crippen LogP contribution in [-0.2, 0) is 22.6 Å². The summed E-state index contributed by atoms with van der Waals surface area (Å²) in [7, 11) is 0. The predicted molar refractivity (Wildman–Crippen MR) is 106 cm³/mol. The van der Waals surface area contributed by atoms with E-state index in [4.69, 9.17) is 4.74 Å². The summed E-state index contributed by atoms with van der Waals surface area (Å²) < 4.78 is 5.85. The van der Waals surface area contributed by atoms with Gasteiger partial charge in [0.25, 0.3) is 5.91 Å². The molecule has 0 N–H and O–H groups in total. The van der Waals surface area contributed by atoms with Crippen LogP contribution in [0.5, 0.6) is 0 Å². The fourth-order valence-electron chi connectivity index (χ4n) is 3.34. The Balaban J connectivity index is 1.63. The van der Waals surface area contributed by atoms with E-state index < -0.39 is 6.10 Å². The Morgan fingerprint density at radius 2 is 2.04 bits per heavy atom. The number of ether oxygens (including phenoxy) is 1. The standard InChI is InChI=1S/C22H29N3O2/c1-2-3-13-25(17-20-11-7-8-12-23-20)22(26)21-18-24(14-15-27-21)16-19-9-5-4-6-10-19/h4-12,21H,2-3,13-18H2,1H3. The van der Waals surface area contributed by atoms with Crippen LogP contribution in [0.15, 0.2) is 54.7 Å². The number of carbonyl (C=O) groups is 1. The average molecular weight is 367 g/mol. The van der Waals surface area contributed by atoms with Crippen LogP contribution in [0.4, 0.5) is 0 Å². The zero-order valence-electron chi connectivity index (χ0n) is 16.1. The number of benzene rings is 1. The molecule has 0 radical (unpaired) electrons. The first kappa shape index (κ1) is 19.5. The Bertz CT molecular complexity index is 693. The summed E-state index contributed by atoms with van der Waals surface area (Å²) in [6.07, 6.45) is 3.41. The normalized spacial score (nSPS) is 17.6. The molecule has 144 valence electrons. The summed E-state index contributed by atoms with van der Waals surface area (Å²) in [5.74, 6) is 0.0758. The molecule has 0 saturated carbocycles. The van der Waals surface area contributed by atoms with Crippen molar-refractivity contribution in [2.75, 3.05) is 26.2 Å². The molecule has 5 heteroatoms. The smallest absolute Gasteiger partial charge is 0.253 e. The van der Waals surface area contributed by atoms with E-state index in [0.29, 0.717) is 19.7 Å². The van der Waals surface area contributed by atoms with E-state index in [-0.39, 0.29) is 5.91 Å². The van der Waals surface area contributed by atoms with Gasteiger partial charge < -0.3 is 9.64 Å². The van der Waals surface area contributed by atoms with Gasteiger partial charge in [0, 0.05) is 32.4 Å². The van der Waals surface area contributed by atoms with Gasteiger partial charge in [-0.25, -0.2) is 0 Å². The van der Waals surface area contributed by atoms with E-state index in [9.17, 15) is 4.79 Å². The van der Waals surface area contributed by atoms with Crippen molar-refractivity contribution >= 4 is 5.91 Å². The zero-order chi connectivity index (χ0) is 18.9. The quantitative estimate of drug-likeness (QED) is 0.719. The molecule has 1 fully saturated rings. The first-order valence-corrected chi connectivity index (χ1v) is 9.83. The summed E-state index contributed by atoms with van der Waals surface area (Å²) in [6, 6.07) is 16.2. The largest absolute Gasteiger partial charge is 0.366 e. The van der Waals surface area contributed by atoms with Gasteiger partial charge in [0.2, 0.25) is 0 Å². The minimum absolute atomic E-state index is 0.0758. The van der Waals surface area contributed by atoms with Gasteiger partial charge in [-0.2, -0.15) is 0 Å². The van der Waals surface area contributed by atoms with Crippen LogP contribution >= 0.6 is 0 Å². The van der Waals surface area contributed by atoms with E-state index in [1.165, 1.54) is 5.56 Å². The summed E-state index contributed by atoms with van der Waals surface area (Å²) in [5.41, 5.74) is 2.18. The molecule has 2 heterocycles. The molecular weight excluding hydrogens is 338 g/mol. The van der Waals surface area contributed by atoms with Crippen LogP contribution in [-0.4, -0.2) is 53.0 Å². The number of unbranched alkanes of at least 4 members (excludes halogenated alkanes) is 1. The Hall–Kier alpha value is -2.24. The average Bonchev–Trinajstić information content (AvgIpc) is 2.72. The van der Waals surface area contributed by atoms with E-state index in [1.807, 2.05) is 29.2 Å². The third-order valence-electron chi connectivity index (χ3n) is 4.85. The lowest BCUT2D eigenvalue weighted by molar-refractivity contribution is -0.150. The highest BCUT2D eigenvalue weighted by Crippen LogP contribution is 2.14. The van der Waals surface area contributed by atoms with Crippen LogP contribution in [0.1, 0.15) is 31.0 Å². The Morgan fingerprint density at radius 3 is 2.78 bits per heavy atom. The van der Waals surface area contributed by atoms with Gasteiger partial charge in [-0.3, -0.25) is 14.7 Å². The summed E-state index contributed by atoms with van der Waals surface area (Å²) >= 11 is 0. The number of hydrogen-bond acceptors (Lipinski definition) is 4. The fraction of sp³-hybridized carbons (Fsp3) is 0.455. The number of morpholine rings is 1. The molecule has 1 aliphatic heterocycles. The maximum absolute atomic E-state index is 13.2. The van der Waals surface area contributed by atoms with Crippen LogP contribution < -0.4 is 0 Å². The van der Waals surface area contributed by atoms with Gasteiger partial charge >= 0.3 is 0 Å². The molecule has 1 saturated heterocycles. The van der Waals surface area contributed by atoms with Crippen molar-refractivity contribution in [3.05, 3.63) is 66.0 Å². The van der Waals surface area contributed by atoms with Gasteiger partial charge in [-0.1, -0.05) is 49.7 Å². The Labute approximate surface area is 162 Å². The molecular formula is C22H29N3O2. The highest BCUT2D eigenvalue weighted by molar-refractivity contribution is 5.81. The molecule has 1 unspecified atom stereocenters. The molecule has 2 aromatic rings. The van der Waals surface area contributed by atoms with Gasteiger partial charge in [-0.15, -0.1) is 0 Å². The van der Waals surface area contributed by atoms with Crippen molar-refractivity contribution in [2.24, 2.45) is 0 Å². The number of amides is 1. The van der Waals surface area contributed by atoms with Crippen LogP contribution in [0.2, 0.25) is 0 Å². The molecule has 27 heavy (non-hydrogen) atoms. The first-order chi connectivity index (χ1) is 13.3. The van der Waals surface area contributed by atoms with Gasteiger partial charge in [0.05, 0.1) is 18.8 Å². The third-order valence-corrected chi connectivity index (χ3v) is 4.85. The van der Waals surface area contributed by atoms with Crippen molar-refractivity contribution in [2.45, 2.75) is 39.0 Å². The van der Waals surface area contributed by atoms with E-state index in [1.54, 1.807) is 6.20 Å². The summed E-state index contributed by atoms with van der Waals surface area (Å²) in [6.45, 7) is 6.36. The Kier molecular flexibility index (Phi) is 7.36. The highest BCUT2D eigenvalue weighted by atomic mass is 16.5. The molecule has 1 atom stereocenters. The molecule has 5 nitrogen and oxygen atoms in total.